The molecule has 0 unspecified atom stereocenters. The quantitative estimate of drug-likeness (QED) is 0.750. The Morgan fingerprint density at radius 2 is 1.75 bits per heavy atom. The van der Waals surface area contributed by atoms with E-state index in [0.29, 0.717) is 16.3 Å². The van der Waals surface area contributed by atoms with Gasteiger partial charge in [0.05, 0.1) is 18.8 Å². The fourth-order valence-electron chi connectivity index (χ4n) is 2.82. The molecule has 0 aromatic heterocycles. The number of hydrogen-bond donors (Lipinski definition) is 1. The lowest BCUT2D eigenvalue weighted by Gasteiger charge is -2.26. The molecule has 2 aromatic rings. The average molecular weight is 403 g/mol. The molecule has 2 aromatic carbocycles. The first-order valence-electron chi connectivity index (χ1n) is 9.18. The number of rotatable bonds is 6. The number of benzene rings is 2. The summed E-state index contributed by atoms with van der Waals surface area (Å²) in [7, 11) is 0. The van der Waals surface area contributed by atoms with Crippen molar-refractivity contribution in [3.63, 3.8) is 0 Å². The Hall–Kier alpha value is -2.41. The number of halogens is 1. The largest absolute Gasteiger partial charge is 0.449 e. The fourth-order valence-corrected chi connectivity index (χ4v) is 2.95. The number of carbonyl (C=O) groups is 2. The zero-order valence-corrected chi connectivity index (χ0v) is 16.4. The summed E-state index contributed by atoms with van der Waals surface area (Å²) in [5.41, 5.74) is 2.12. The summed E-state index contributed by atoms with van der Waals surface area (Å²) in [6, 6.07) is 14.0. The smallest absolute Gasteiger partial charge is 0.338 e. The van der Waals surface area contributed by atoms with E-state index in [-0.39, 0.29) is 0 Å². The number of amides is 1. The maximum absolute atomic E-state index is 12.3. The first-order chi connectivity index (χ1) is 13.5. The third-order valence-corrected chi connectivity index (χ3v) is 4.72. The number of hydrogen-bond acceptors (Lipinski definition) is 5. The maximum atomic E-state index is 12.3. The second kappa shape index (κ2) is 9.68. The van der Waals surface area contributed by atoms with Crippen molar-refractivity contribution < 1.29 is 19.1 Å². The van der Waals surface area contributed by atoms with E-state index in [1.807, 2.05) is 12.1 Å². The molecule has 7 heteroatoms. The van der Waals surface area contributed by atoms with E-state index in [0.717, 1.165) is 38.4 Å². The van der Waals surface area contributed by atoms with Crippen molar-refractivity contribution in [1.29, 1.82) is 0 Å². The van der Waals surface area contributed by atoms with E-state index in [2.05, 4.69) is 10.2 Å². The molecule has 0 radical (unpaired) electrons. The van der Waals surface area contributed by atoms with E-state index in [1.165, 1.54) is 6.92 Å². The number of morpholine rings is 1. The molecule has 0 bridgehead atoms. The number of nitrogens with zero attached hydrogens (tertiary/aromatic N) is 1. The van der Waals surface area contributed by atoms with Crippen molar-refractivity contribution in [3.05, 3.63) is 64.7 Å². The summed E-state index contributed by atoms with van der Waals surface area (Å²) < 4.78 is 10.6. The predicted octanol–water partition coefficient (Wildman–Crippen LogP) is 3.36. The number of esters is 1. The molecular weight excluding hydrogens is 380 g/mol. The summed E-state index contributed by atoms with van der Waals surface area (Å²) in [4.78, 5) is 26.8. The van der Waals surface area contributed by atoms with Crippen LogP contribution in [0.3, 0.4) is 0 Å². The Bertz CT molecular complexity index is 802. The predicted molar refractivity (Wildman–Crippen MR) is 107 cm³/mol. The summed E-state index contributed by atoms with van der Waals surface area (Å²) in [6.45, 7) is 5.67. The molecule has 148 valence electrons. The van der Waals surface area contributed by atoms with Gasteiger partial charge < -0.3 is 14.8 Å². The van der Waals surface area contributed by atoms with Crippen molar-refractivity contribution in [2.24, 2.45) is 0 Å². The van der Waals surface area contributed by atoms with E-state index in [9.17, 15) is 9.59 Å². The summed E-state index contributed by atoms with van der Waals surface area (Å²) in [5, 5.41) is 3.27. The minimum Gasteiger partial charge on any atom is -0.449 e. The van der Waals surface area contributed by atoms with Gasteiger partial charge in [-0.1, -0.05) is 23.7 Å². The van der Waals surface area contributed by atoms with Gasteiger partial charge in [-0.05, 0) is 48.9 Å². The van der Waals surface area contributed by atoms with Gasteiger partial charge in [-0.15, -0.1) is 0 Å². The zero-order chi connectivity index (χ0) is 19.9. The molecule has 1 saturated heterocycles. The highest BCUT2D eigenvalue weighted by atomic mass is 35.5. The molecule has 1 aliphatic heterocycles. The molecule has 28 heavy (non-hydrogen) atoms. The fraction of sp³-hybridized carbons (Fsp3) is 0.333. The standard InChI is InChI=1S/C21H23ClN2O4/c1-15(20(25)23-19-8-6-18(22)7-9-19)28-21(26)17-4-2-16(3-5-17)14-24-10-12-27-13-11-24/h2-9,15H,10-14H2,1H3,(H,23,25)/t15-/m1/s1. The molecule has 3 rings (SSSR count). The van der Waals surface area contributed by atoms with Crippen LogP contribution < -0.4 is 5.32 Å². The monoisotopic (exact) mass is 402 g/mol. The minimum absolute atomic E-state index is 0.403. The van der Waals surface area contributed by atoms with Crippen LogP contribution in [-0.4, -0.2) is 49.2 Å². The highest BCUT2D eigenvalue weighted by molar-refractivity contribution is 6.30. The number of ether oxygens (including phenoxy) is 2. The molecule has 6 nitrogen and oxygen atoms in total. The van der Waals surface area contributed by atoms with Crippen molar-refractivity contribution in [3.8, 4) is 0 Å². The second-order valence-electron chi connectivity index (χ2n) is 6.63. The molecule has 1 aliphatic rings. The Kier molecular flexibility index (Phi) is 7.03. The van der Waals surface area contributed by atoms with Gasteiger partial charge in [0, 0.05) is 30.3 Å². The Labute approximate surface area is 169 Å². The lowest BCUT2D eigenvalue weighted by Crippen LogP contribution is -2.35. The molecule has 1 atom stereocenters. The molecule has 0 saturated carbocycles. The molecule has 1 amide bonds. The van der Waals surface area contributed by atoms with E-state index >= 15 is 0 Å². The van der Waals surface area contributed by atoms with Gasteiger partial charge in [-0.25, -0.2) is 4.79 Å². The zero-order valence-electron chi connectivity index (χ0n) is 15.7. The summed E-state index contributed by atoms with van der Waals surface area (Å²) in [6.07, 6.45) is -0.920. The van der Waals surface area contributed by atoms with Crippen LogP contribution in [0.25, 0.3) is 0 Å². The van der Waals surface area contributed by atoms with Crippen molar-refractivity contribution in [1.82, 2.24) is 4.90 Å². The molecule has 1 N–H and O–H groups in total. The van der Waals surface area contributed by atoms with Gasteiger partial charge in [0.25, 0.3) is 5.91 Å². The van der Waals surface area contributed by atoms with Gasteiger partial charge in [-0.2, -0.15) is 0 Å². The lowest BCUT2D eigenvalue weighted by atomic mass is 10.1. The van der Waals surface area contributed by atoms with Gasteiger partial charge in [0.1, 0.15) is 0 Å². The van der Waals surface area contributed by atoms with Crippen molar-refractivity contribution in [2.75, 3.05) is 31.6 Å². The Morgan fingerprint density at radius 1 is 1.11 bits per heavy atom. The molecule has 0 spiro atoms. The van der Waals surface area contributed by atoms with Crippen LogP contribution >= 0.6 is 11.6 Å². The molecule has 1 fully saturated rings. The van der Waals surface area contributed by atoms with Crippen LogP contribution in [0.4, 0.5) is 5.69 Å². The number of carbonyl (C=O) groups excluding carboxylic acids is 2. The lowest BCUT2D eigenvalue weighted by molar-refractivity contribution is -0.123. The summed E-state index contributed by atoms with van der Waals surface area (Å²) in [5.74, 6) is -0.934. The van der Waals surface area contributed by atoms with Gasteiger partial charge >= 0.3 is 5.97 Å². The van der Waals surface area contributed by atoms with Gasteiger partial charge in [0.2, 0.25) is 0 Å². The van der Waals surface area contributed by atoms with Crippen LogP contribution in [0.2, 0.25) is 5.02 Å². The van der Waals surface area contributed by atoms with Crippen LogP contribution in [0.5, 0.6) is 0 Å². The number of nitrogens with one attached hydrogen (secondary N) is 1. The van der Waals surface area contributed by atoms with Crippen molar-refractivity contribution >= 4 is 29.2 Å². The van der Waals surface area contributed by atoms with Crippen molar-refractivity contribution in [2.45, 2.75) is 19.6 Å². The average Bonchev–Trinajstić information content (AvgIpc) is 2.71. The highest BCUT2D eigenvalue weighted by Crippen LogP contribution is 2.15. The Morgan fingerprint density at radius 3 is 2.39 bits per heavy atom. The van der Waals surface area contributed by atoms with Crippen LogP contribution in [0, 0.1) is 0 Å². The second-order valence-corrected chi connectivity index (χ2v) is 7.07. The topological polar surface area (TPSA) is 67.9 Å². The highest BCUT2D eigenvalue weighted by Gasteiger charge is 2.19. The van der Waals surface area contributed by atoms with E-state index in [1.54, 1.807) is 36.4 Å². The van der Waals surface area contributed by atoms with Gasteiger partial charge in [-0.3, -0.25) is 9.69 Å². The SMILES string of the molecule is C[C@@H](OC(=O)c1ccc(CN2CCOCC2)cc1)C(=O)Nc1ccc(Cl)cc1. The normalized spacial score (nSPS) is 15.6. The van der Waals surface area contributed by atoms with Crippen LogP contribution in [-0.2, 0) is 20.8 Å². The molecule has 1 heterocycles. The van der Waals surface area contributed by atoms with E-state index in [4.69, 9.17) is 21.1 Å². The Balaban J connectivity index is 1.51. The minimum atomic E-state index is -0.920. The third-order valence-electron chi connectivity index (χ3n) is 4.46. The van der Waals surface area contributed by atoms with E-state index < -0.39 is 18.0 Å². The third kappa shape index (κ3) is 5.79. The maximum Gasteiger partial charge on any atom is 0.338 e. The number of anilines is 1. The first-order valence-corrected chi connectivity index (χ1v) is 9.55. The first kappa shape index (κ1) is 20.3. The molecule has 0 aliphatic carbocycles. The van der Waals surface area contributed by atoms with Crippen LogP contribution in [0.15, 0.2) is 48.5 Å². The van der Waals surface area contributed by atoms with Gasteiger partial charge in [0.15, 0.2) is 6.10 Å². The summed E-state index contributed by atoms with van der Waals surface area (Å²) >= 11 is 5.82. The van der Waals surface area contributed by atoms with Crippen LogP contribution in [0.1, 0.15) is 22.8 Å². The molecular formula is C21H23ClN2O4.